The van der Waals surface area contributed by atoms with Gasteiger partial charge in [-0.2, -0.15) is 0 Å². The van der Waals surface area contributed by atoms with Crippen LogP contribution in [0.15, 0.2) is 42.5 Å². The largest absolute Gasteiger partial charge is 0.324 e. The summed E-state index contributed by atoms with van der Waals surface area (Å²) in [5.41, 5.74) is 10.2. The van der Waals surface area contributed by atoms with Gasteiger partial charge in [0.1, 0.15) is 0 Å². The number of hydrogen-bond acceptors (Lipinski definition) is 1. The maximum Gasteiger partial charge on any atom is 0.0454 e. The van der Waals surface area contributed by atoms with E-state index in [2.05, 4.69) is 24.3 Å². The highest BCUT2D eigenvalue weighted by molar-refractivity contribution is 6.33. The van der Waals surface area contributed by atoms with Gasteiger partial charge < -0.3 is 5.73 Å². The minimum Gasteiger partial charge on any atom is -0.324 e. The van der Waals surface area contributed by atoms with Crippen LogP contribution in [-0.2, 0) is 12.8 Å². The van der Waals surface area contributed by atoms with Gasteiger partial charge in [0.25, 0.3) is 0 Å². The Kier molecular flexibility index (Phi) is 3.53. The van der Waals surface area contributed by atoms with Crippen molar-refractivity contribution < 1.29 is 0 Å². The highest BCUT2D eigenvalue weighted by Gasteiger charge is 2.28. The van der Waals surface area contributed by atoms with Gasteiger partial charge in [-0.1, -0.05) is 47.5 Å². The minimum absolute atomic E-state index is 0.0707. The second-order valence-corrected chi connectivity index (χ2v) is 5.97. The molecule has 2 aromatic rings. The van der Waals surface area contributed by atoms with Gasteiger partial charge in [-0.15, -0.1) is 0 Å². The summed E-state index contributed by atoms with van der Waals surface area (Å²) in [6.07, 6.45) is 2.03. The summed E-state index contributed by atoms with van der Waals surface area (Å²) in [6.45, 7) is 0. The van der Waals surface area contributed by atoms with E-state index >= 15 is 0 Å². The Hall–Kier alpha value is -1.02. The molecular weight excluding hydrogens is 277 g/mol. The molecule has 19 heavy (non-hydrogen) atoms. The van der Waals surface area contributed by atoms with Crippen LogP contribution in [0.2, 0.25) is 10.0 Å². The Morgan fingerprint density at radius 3 is 2.26 bits per heavy atom. The Bertz CT molecular complexity index is 584. The van der Waals surface area contributed by atoms with Crippen LogP contribution in [0.1, 0.15) is 22.7 Å². The monoisotopic (exact) mass is 291 g/mol. The molecule has 98 valence electrons. The second kappa shape index (κ2) is 5.16. The molecule has 1 unspecified atom stereocenters. The van der Waals surface area contributed by atoms with Crippen molar-refractivity contribution in [1.82, 2.24) is 0 Å². The van der Waals surface area contributed by atoms with Gasteiger partial charge in [0.05, 0.1) is 0 Å². The van der Waals surface area contributed by atoms with E-state index in [-0.39, 0.29) is 6.04 Å². The first-order valence-electron chi connectivity index (χ1n) is 6.42. The maximum absolute atomic E-state index is 6.41. The quantitative estimate of drug-likeness (QED) is 0.871. The molecule has 0 heterocycles. The summed E-state index contributed by atoms with van der Waals surface area (Å²) in [7, 11) is 0. The van der Waals surface area contributed by atoms with Crippen LogP contribution in [0.3, 0.4) is 0 Å². The molecule has 0 saturated carbocycles. The van der Waals surface area contributed by atoms with Crippen LogP contribution in [0, 0.1) is 5.92 Å². The molecule has 2 N–H and O–H groups in total. The molecule has 0 aromatic heterocycles. The standard InChI is InChI=1S/C16H15Cl2N/c17-13-5-6-15(18)14(9-13)16(19)12-7-10-3-1-2-4-11(10)8-12/h1-6,9,12,16H,7-8,19H2. The van der Waals surface area contributed by atoms with Crippen LogP contribution < -0.4 is 5.73 Å². The number of fused-ring (bicyclic) bond motifs is 1. The summed E-state index contributed by atoms with van der Waals surface area (Å²) in [4.78, 5) is 0. The smallest absolute Gasteiger partial charge is 0.0454 e. The van der Waals surface area contributed by atoms with E-state index in [9.17, 15) is 0 Å². The average Bonchev–Trinajstić information content (AvgIpc) is 2.84. The SMILES string of the molecule is NC(c1cc(Cl)ccc1Cl)C1Cc2ccccc2C1. The molecule has 0 amide bonds. The zero-order chi connectivity index (χ0) is 13.4. The van der Waals surface area contributed by atoms with Crippen molar-refractivity contribution in [2.24, 2.45) is 11.7 Å². The Morgan fingerprint density at radius 2 is 1.63 bits per heavy atom. The van der Waals surface area contributed by atoms with Gasteiger partial charge >= 0.3 is 0 Å². The normalized spacial score (nSPS) is 16.4. The van der Waals surface area contributed by atoms with E-state index < -0.39 is 0 Å². The predicted molar refractivity (Wildman–Crippen MR) is 80.7 cm³/mol. The van der Waals surface area contributed by atoms with E-state index in [1.807, 2.05) is 12.1 Å². The lowest BCUT2D eigenvalue weighted by Crippen LogP contribution is -2.22. The van der Waals surface area contributed by atoms with Crippen molar-refractivity contribution in [1.29, 1.82) is 0 Å². The third kappa shape index (κ3) is 2.51. The third-order valence-electron chi connectivity index (χ3n) is 3.91. The van der Waals surface area contributed by atoms with E-state index in [0.717, 1.165) is 18.4 Å². The Balaban J connectivity index is 1.87. The molecular formula is C16H15Cl2N. The number of benzene rings is 2. The molecule has 3 heteroatoms. The fourth-order valence-electron chi connectivity index (χ4n) is 2.87. The first kappa shape index (κ1) is 13.0. The maximum atomic E-state index is 6.41. The summed E-state index contributed by atoms with van der Waals surface area (Å²) in [5, 5.41) is 1.39. The molecule has 0 radical (unpaired) electrons. The van der Waals surface area contributed by atoms with Crippen molar-refractivity contribution in [3.63, 3.8) is 0 Å². The fourth-order valence-corrected chi connectivity index (χ4v) is 3.29. The fraction of sp³-hybridized carbons (Fsp3) is 0.250. The summed E-state index contributed by atoms with van der Waals surface area (Å²) in [6, 6.07) is 14.0. The summed E-state index contributed by atoms with van der Waals surface area (Å²) < 4.78 is 0. The van der Waals surface area contributed by atoms with Crippen molar-refractivity contribution in [3.8, 4) is 0 Å². The van der Waals surface area contributed by atoms with Crippen LogP contribution in [0.4, 0.5) is 0 Å². The van der Waals surface area contributed by atoms with Crippen molar-refractivity contribution in [3.05, 3.63) is 69.2 Å². The number of halogens is 2. The first-order chi connectivity index (χ1) is 9.15. The van der Waals surface area contributed by atoms with Crippen molar-refractivity contribution in [2.75, 3.05) is 0 Å². The van der Waals surface area contributed by atoms with Crippen LogP contribution in [-0.4, -0.2) is 0 Å². The molecule has 0 aliphatic heterocycles. The molecule has 2 aromatic carbocycles. The van der Waals surface area contributed by atoms with Gasteiger partial charge in [0, 0.05) is 16.1 Å². The molecule has 1 aliphatic rings. The Morgan fingerprint density at radius 1 is 1.00 bits per heavy atom. The first-order valence-corrected chi connectivity index (χ1v) is 7.18. The topological polar surface area (TPSA) is 26.0 Å². The highest BCUT2D eigenvalue weighted by Crippen LogP contribution is 2.36. The third-order valence-corrected chi connectivity index (χ3v) is 4.49. The second-order valence-electron chi connectivity index (χ2n) is 5.13. The van der Waals surface area contributed by atoms with Gasteiger partial charge in [0.15, 0.2) is 0 Å². The van der Waals surface area contributed by atoms with E-state index in [1.165, 1.54) is 11.1 Å². The van der Waals surface area contributed by atoms with Gasteiger partial charge in [-0.25, -0.2) is 0 Å². The lowest BCUT2D eigenvalue weighted by Gasteiger charge is -2.20. The predicted octanol–water partition coefficient (Wildman–Crippen LogP) is 4.41. The Labute approximate surface area is 123 Å². The van der Waals surface area contributed by atoms with Crippen molar-refractivity contribution in [2.45, 2.75) is 18.9 Å². The lowest BCUT2D eigenvalue weighted by atomic mass is 9.91. The summed E-state index contributed by atoms with van der Waals surface area (Å²) >= 11 is 12.3. The molecule has 0 bridgehead atoms. The lowest BCUT2D eigenvalue weighted by molar-refractivity contribution is 0.454. The zero-order valence-corrected chi connectivity index (χ0v) is 12.0. The number of nitrogens with two attached hydrogens (primary N) is 1. The molecule has 1 nitrogen and oxygen atoms in total. The van der Waals surface area contributed by atoms with Gasteiger partial charge in [0.2, 0.25) is 0 Å². The molecule has 0 spiro atoms. The van der Waals surface area contributed by atoms with Crippen LogP contribution in [0.5, 0.6) is 0 Å². The molecule has 0 saturated heterocycles. The minimum atomic E-state index is -0.0707. The van der Waals surface area contributed by atoms with Crippen LogP contribution in [0.25, 0.3) is 0 Å². The van der Waals surface area contributed by atoms with Gasteiger partial charge in [-0.3, -0.25) is 0 Å². The van der Waals surface area contributed by atoms with Crippen molar-refractivity contribution >= 4 is 23.2 Å². The van der Waals surface area contributed by atoms with Gasteiger partial charge in [-0.05, 0) is 53.6 Å². The van der Waals surface area contributed by atoms with E-state index in [1.54, 1.807) is 6.07 Å². The average molecular weight is 292 g/mol. The van der Waals surface area contributed by atoms with Crippen LogP contribution >= 0.6 is 23.2 Å². The molecule has 1 atom stereocenters. The summed E-state index contributed by atoms with van der Waals surface area (Å²) in [5.74, 6) is 0.397. The molecule has 3 rings (SSSR count). The number of rotatable bonds is 2. The molecule has 0 fully saturated rings. The molecule has 1 aliphatic carbocycles. The zero-order valence-electron chi connectivity index (χ0n) is 10.4. The highest BCUT2D eigenvalue weighted by atomic mass is 35.5. The van der Waals surface area contributed by atoms with E-state index in [4.69, 9.17) is 28.9 Å². The van der Waals surface area contributed by atoms with E-state index in [0.29, 0.717) is 16.0 Å². The number of hydrogen-bond donors (Lipinski definition) is 1.